The van der Waals surface area contributed by atoms with Gasteiger partial charge < -0.3 is 5.32 Å². The summed E-state index contributed by atoms with van der Waals surface area (Å²) in [6.07, 6.45) is 8.25. The zero-order valence-electron chi connectivity index (χ0n) is 9.82. The molecule has 0 fully saturated rings. The van der Waals surface area contributed by atoms with Crippen molar-refractivity contribution in [3.63, 3.8) is 0 Å². The van der Waals surface area contributed by atoms with Crippen molar-refractivity contribution in [1.82, 2.24) is 20.1 Å². The lowest BCUT2D eigenvalue weighted by Gasteiger charge is -2.12. The largest absolute Gasteiger partial charge is 0.314 e. The van der Waals surface area contributed by atoms with E-state index >= 15 is 0 Å². The van der Waals surface area contributed by atoms with E-state index in [9.17, 15) is 0 Å². The molecule has 1 rings (SSSR count). The third-order valence-electron chi connectivity index (χ3n) is 2.48. The standard InChI is InChI=1S/C11H22N4/c1-3-7-13-11(2)6-4-5-8-15-10-12-9-14-15/h9-11,13H,3-8H2,1-2H3. The highest BCUT2D eigenvalue weighted by Crippen LogP contribution is 2.01. The second-order valence-corrected chi connectivity index (χ2v) is 4.01. The van der Waals surface area contributed by atoms with Gasteiger partial charge in [0.1, 0.15) is 12.7 Å². The molecule has 0 spiro atoms. The van der Waals surface area contributed by atoms with Gasteiger partial charge in [-0.3, -0.25) is 4.68 Å². The van der Waals surface area contributed by atoms with Crippen LogP contribution < -0.4 is 5.32 Å². The van der Waals surface area contributed by atoms with Gasteiger partial charge >= 0.3 is 0 Å². The van der Waals surface area contributed by atoms with E-state index in [1.54, 1.807) is 12.7 Å². The molecule has 1 aromatic heterocycles. The van der Waals surface area contributed by atoms with E-state index in [1.807, 2.05) is 4.68 Å². The molecule has 0 aliphatic rings. The first-order valence-electron chi connectivity index (χ1n) is 5.88. The first-order valence-corrected chi connectivity index (χ1v) is 5.88. The predicted molar refractivity (Wildman–Crippen MR) is 61.6 cm³/mol. The molecule has 0 aliphatic heterocycles. The van der Waals surface area contributed by atoms with Crippen LogP contribution in [0.1, 0.15) is 39.5 Å². The third-order valence-corrected chi connectivity index (χ3v) is 2.48. The van der Waals surface area contributed by atoms with Gasteiger partial charge in [-0.15, -0.1) is 0 Å². The molecule has 1 N–H and O–H groups in total. The number of hydrogen-bond donors (Lipinski definition) is 1. The summed E-state index contributed by atoms with van der Waals surface area (Å²) in [6, 6.07) is 0.640. The van der Waals surface area contributed by atoms with Crippen molar-refractivity contribution >= 4 is 0 Å². The van der Waals surface area contributed by atoms with Crippen LogP contribution in [0.25, 0.3) is 0 Å². The van der Waals surface area contributed by atoms with E-state index in [0.29, 0.717) is 6.04 Å². The summed E-state index contributed by atoms with van der Waals surface area (Å²) in [5.41, 5.74) is 0. The number of hydrogen-bond acceptors (Lipinski definition) is 3. The predicted octanol–water partition coefficient (Wildman–Crippen LogP) is 1.84. The maximum absolute atomic E-state index is 4.07. The number of nitrogens with zero attached hydrogens (tertiary/aromatic N) is 3. The minimum atomic E-state index is 0.640. The van der Waals surface area contributed by atoms with Crippen LogP contribution >= 0.6 is 0 Å². The molecule has 0 saturated heterocycles. The van der Waals surface area contributed by atoms with Gasteiger partial charge in [0, 0.05) is 12.6 Å². The highest BCUT2D eigenvalue weighted by Gasteiger charge is 1.99. The lowest BCUT2D eigenvalue weighted by molar-refractivity contribution is 0.466. The summed E-state index contributed by atoms with van der Waals surface area (Å²) in [7, 11) is 0. The molecule has 1 heterocycles. The average Bonchev–Trinajstić information content (AvgIpc) is 2.74. The topological polar surface area (TPSA) is 42.7 Å². The molecule has 15 heavy (non-hydrogen) atoms. The van der Waals surface area contributed by atoms with Gasteiger partial charge in [0.05, 0.1) is 0 Å². The van der Waals surface area contributed by atoms with Crippen LogP contribution in [0.15, 0.2) is 12.7 Å². The molecular formula is C11H22N4. The Balaban J connectivity index is 1.97. The van der Waals surface area contributed by atoms with Gasteiger partial charge in [-0.1, -0.05) is 13.3 Å². The fourth-order valence-corrected chi connectivity index (χ4v) is 1.57. The van der Waals surface area contributed by atoms with Crippen LogP contribution in [0.3, 0.4) is 0 Å². The Hall–Kier alpha value is -0.900. The van der Waals surface area contributed by atoms with E-state index in [4.69, 9.17) is 0 Å². The molecule has 0 saturated carbocycles. The van der Waals surface area contributed by atoms with Gasteiger partial charge in [0.15, 0.2) is 0 Å². The summed E-state index contributed by atoms with van der Waals surface area (Å²) < 4.78 is 1.89. The Kier molecular flexibility index (Phi) is 6.00. The maximum Gasteiger partial charge on any atom is 0.137 e. The number of unbranched alkanes of at least 4 members (excludes halogenated alkanes) is 1. The van der Waals surface area contributed by atoms with Crippen LogP contribution in [0.5, 0.6) is 0 Å². The number of nitrogens with one attached hydrogen (secondary N) is 1. The first-order chi connectivity index (χ1) is 7.33. The quantitative estimate of drug-likeness (QED) is 0.666. The molecule has 0 aliphatic carbocycles. The van der Waals surface area contributed by atoms with E-state index in [2.05, 4.69) is 29.2 Å². The Morgan fingerprint density at radius 1 is 1.40 bits per heavy atom. The summed E-state index contributed by atoms with van der Waals surface area (Å²) in [5.74, 6) is 0. The van der Waals surface area contributed by atoms with Crippen molar-refractivity contribution < 1.29 is 0 Å². The molecule has 4 heteroatoms. The minimum Gasteiger partial charge on any atom is -0.314 e. The van der Waals surface area contributed by atoms with Gasteiger partial charge in [0.25, 0.3) is 0 Å². The van der Waals surface area contributed by atoms with Crippen molar-refractivity contribution in [2.75, 3.05) is 6.54 Å². The molecule has 4 nitrogen and oxygen atoms in total. The summed E-state index contributed by atoms with van der Waals surface area (Å²) in [4.78, 5) is 3.92. The molecule has 1 atom stereocenters. The van der Waals surface area contributed by atoms with Crippen molar-refractivity contribution in [3.8, 4) is 0 Å². The van der Waals surface area contributed by atoms with Crippen molar-refractivity contribution in [3.05, 3.63) is 12.7 Å². The van der Waals surface area contributed by atoms with Crippen LogP contribution in [-0.2, 0) is 6.54 Å². The van der Waals surface area contributed by atoms with E-state index in [1.165, 1.54) is 25.7 Å². The van der Waals surface area contributed by atoms with Gasteiger partial charge in [-0.2, -0.15) is 5.10 Å². The fourth-order valence-electron chi connectivity index (χ4n) is 1.57. The normalized spacial score (nSPS) is 12.9. The zero-order chi connectivity index (χ0) is 10.9. The molecular weight excluding hydrogens is 188 g/mol. The van der Waals surface area contributed by atoms with Gasteiger partial charge in [0.2, 0.25) is 0 Å². The summed E-state index contributed by atoms with van der Waals surface area (Å²) in [5, 5.41) is 7.56. The Bertz CT molecular complexity index is 233. The smallest absolute Gasteiger partial charge is 0.137 e. The Morgan fingerprint density at radius 3 is 2.93 bits per heavy atom. The Morgan fingerprint density at radius 2 is 2.27 bits per heavy atom. The number of rotatable bonds is 8. The van der Waals surface area contributed by atoms with Crippen molar-refractivity contribution in [2.45, 2.75) is 52.1 Å². The lowest BCUT2D eigenvalue weighted by Crippen LogP contribution is -2.26. The van der Waals surface area contributed by atoms with Crippen LogP contribution in [0.4, 0.5) is 0 Å². The SMILES string of the molecule is CCCNC(C)CCCCn1cncn1. The molecule has 0 aromatic carbocycles. The van der Waals surface area contributed by atoms with Crippen molar-refractivity contribution in [2.24, 2.45) is 0 Å². The van der Waals surface area contributed by atoms with Gasteiger partial charge in [-0.05, 0) is 32.7 Å². The molecule has 86 valence electrons. The highest BCUT2D eigenvalue weighted by atomic mass is 15.3. The Labute approximate surface area is 92.1 Å². The number of aromatic nitrogens is 3. The van der Waals surface area contributed by atoms with Crippen LogP contribution in [-0.4, -0.2) is 27.4 Å². The number of aryl methyl sites for hydroxylation is 1. The third kappa shape index (κ3) is 5.52. The fraction of sp³-hybridized carbons (Fsp3) is 0.818. The molecule has 1 unspecified atom stereocenters. The van der Waals surface area contributed by atoms with Crippen molar-refractivity contribution in [1.29, 1.82) is 0 Å². The molecule has 1 aromatic rings. The first kappa shape index (κ1) is 12.2. The maximum atomic E-state index is 4.07. The molecule has 0 amide bonds. The van der Waals surface area contributed by atoms with E-state index in [-0.39, 0.29) is 0 Å². The minimum absolute atomic E-state index is 0.640. The summed E-state index contributed by atoms with van der Waals surface area (Å²) >= 11 is 0. The van der Waals surface area contributed by atoms with E-state index < -0.39 is 0 Å². The average molecular weight is 210 g/mol. The second kappa shape index (κ2) is 7.40. The van der Waals surface area contributed by atoms with E-state index in [0.717, 1.165) is 13.1 Å². The second-order valence-electron chi connectivity index (χ2n) is 4.01. The molecule has 0 bridgehead atoms. The van der Waals surface area contributed by atoms with Crippen LogP contribution in [0.2, 0.25) is 0 Å². The summed E-state index contributed by atoms with van der Waals surface area (Å²) in [6.45, 7) is 6.57. The lowest BCUT2D eigenvalue weighted by atomic mass is 10.1. The molecule has 0 radical (unpaired) electrons. The van der Waals surface area contributed by atoms with Gasteiger partial charge in [-0.25, -0.2) is 4.98 Å². The van der Waals surface area contributed by atoms with Crippen LogP contribution in [0, 0.1) is 0 Å². The zero-order valence-corrected chi connectivity index (χ0v) is 9.82. The highest BCUT2D eigenvalue weighted by molar-refractivity contribution is 4.61. The monoisotopic (exact) mass is 210 g/mol.